The van der Waals surface area contributed by atoms with Gasteiger partial charge in [-0.25, -0.2) is 14.4 Å². The van der Waals surface area contributed by atoms with Crippen molar-refractivity contribution in [2.75, 3.05) is 11.9 Å². The topological polar surface area (TPSA) is 86.0 Å². The van der Waals surface area contributed by atoms with Crippen LogP contribution < -0.4 is 15.8 Å². The molecule has 38 heavy (non-hydrogen) atoms. The third-order valence-corrected chi connectivity index (χ3v) is 7.20. The number of hydrogen-bond acceptors (Lipinski definition) is 7. The fourth-order valence-electron chi connectivity index (χ4n) is 4.43. The van der Waals surface area contributed by atoms with E-state index in [1.807, 2.05) is 51.1 Å². The van der Waals surface area contributed by atoms with E-state index in [1.54, 1.807) is 29.8 Å². The molecular formula is C30H30FN5OS. The monoisotopic (exact) mass is 527 g/mol. The highest BCUT2D eigenvalue weighted by Gasteiger charge is 2.22. The van der Waals surface area contributed by atoms with Crippen molar-refractivity contribution < 1.29 is 9.13 Å². The molecule has 0 spiro atoms. The number of nitrogens with one attached hydrogen (secondary N) is 1. The van der Waals surface area contributed by atoms with Crippen molar-refractivity contribution in [1.82, 2.24) is 15.0 Å². The van der Waals surface area contributed by atoms with E-state index in [0.29, 0.717) is 29.5 Å². The molecule has 3 heterocycles. The van der Waals surface area contributed by atoms with Crippen LogP contribution in [0.4, 0.5) is 10.2 Å². The van der Waals surface area contributed by atoms with E-state index in [1.165, 1.54) is 17.7 Å². The first-order valence-corrected chi connectivity index (χ1v) is 13.4. The first kappa shape index (κ1) is 25.8. The highest BCUT2D eigenvalue weighted by Crippen LogP contribution is 2.44. The van der Waals surface area contributed by atoms with Crippen LogP contribution in [0.3, 0.4) is 0 Å². The number of fused-ring (bicyclic) bond motifs is 1. The number of benzene rings is 2. The van der Waals surface area contributed by atoms with Crippen LogP contribution in [-0.4, -0.2) is 33.6 Å². The maximum atomic E-state index is 14.5. The second-order valence-electron chi connectivity index (χ2n) is 9.48. The Hall–Kier alpha value is -3.88. The van der Waals surface area contributed by atoms with Crippen LogP contribution in [0.25, 0.3) is 32.7 Å². The first-order chi connectivity index (χ1) is 18.4. The van der Waals surface area contributed by atoms with Gasteiger partial charge in [-0.2, -0.15) is 0 Å². The largest absolute Gasteiger partial charge is 0.490 e. The smallest absolute Gasteiger partial charge is 0.162 e. The van der Waals surface area contributed by atoms with Gasteiger partial charge in [0.05, 0.1) is 16.3 Å². The lowest BCUT2D eigenvalue weighted by Crippen LogP contribution is -2.31. The average Bonchev–Trinajstić information content (AvgIpc) is 3.24. The lowest BCUT2D eigenvalue weighted by Gasteiger charge is -2.16. The Morgan fingerprint density at radius 3 is 2.53 bits per heavy atom. The minimum atomic E-state index is -0.330. The van der Waals surface area contributed by atoms with E-state index in [9.17, 15) is 4.39 Å². The summed E-state index contributed by atoms with van der Waals surface area (Å²) in [6.07, 6.45) is 4.11. The number of nitrogens with zero attached hydrogens (tertiary/aromatic N) is 3. The molecule has 194 valence electrons. The van der Waals surface area contributed by atoms with E-state index in [2.05, 4.69) is 22.4 Å². The summed E-state index contributed by atoms with van der Waals surface area (Å²) < 4.78 is 21.5. The van der Waals surface area contributed by atoms with E-state index in [-0.39, 0.29) is 18.0 Å². The molecule has 5 rings (SSSR count). The number of rotatable bonds is 9. The van der Waals surface area contributed by atoms with Gasteiger partial charge in [0.15, 0.2) is 5.82 Å². The number of thiophene rings is 1. The zero-order chi connectivity index (χ0) is 26.6. The van der Waals surface area contributed by atoms with Gasteiger partial charge >= 0.3 is 0 Å². The summed E-state index contributed by atoms with van der Waals surface area (Å²) in [7, 11) is 0. The Morgan fingerprint density at radius 1 is 1.03 bits per heavy atom. The number of pyridine rings is 1. The van der Waals surface area contributed by atoms with Crippen molar-refractivity contribution in [3.8, 4) is 28.3 Å². The van der Waals surface area contributed by atoms with Crippen LogP contribution in [-0.2, 0) is 6.42 Å². The maximum Gasteiger partial charge on any atom is 0.162 e. The third kappa shape index (κ3) is 5.66. The van der Waals surface area contributed by atoms with E-state index < -0.39 is 0 Å². The molecule has 6 nitrogen and oxygen atoms in total. The van der Waals surface area contributed by atoms with Crippen LogP contribution in [0.15, 0.2) is 73.1 Å². The Bertz CT molecular complexity index is 1540. The molecule has 0 bridgehead atoms. The summed E-state index contributed by atoms with van der Waals surface area (Å²) >= 11 is 1.57. The van der Waals surface area contributed by atoms with Crippen LogP contribution in [0.5, 0.6) is 5.75 Å². The molecule has 1 unspecified atom stereocenters. The Kier molecular flexibility index (Phi) is 7.62. The molecule has 0 saturated carbocycles. The highest BCUT2D eigenvalue weighted by atomic mass is 32.1. The van der Waals surface area contributed by atoms with Crippen LogP contribution >= 0.6 is 11.3 Å². The number of hydrogen-bond donors (Lipinski definition) is 2. The van der Waals surface area contributed by atoms with Crippen LogP contribution in [0, 0.1) is 12.7 Å². The SMILES string of the molecule is Cc1sc2c(NCC(N)Cc3ccccc3)nc(-c3ccncc3)nc2c1-c1cc(F)ccc1OC(C)C. The van der Waals surface area contributed by atoms with Crippen LogP contribution in [0.2, 0.25) is 0 Å². The summed E-state index contributed by atoms with van der Waals surface area (Å²) in [5.74, 6) is 1.55. The van der Waals surface area contributed by atoms with Gasteiger partial charge in [0.25, 0.3) is 0 Å². The summed E-state index contributed by atoms with van der Waals surface area (Å²) in [5.41, 5.74) is 10.8. The third-order valence-electron chi connectivity index (χ3n) is 6.09. The van der Waals surface area contributed by atoms with Gasteiger partial charge < -0.3 is 15.8 Å². The first-order valence-electron chi connectivity index (χ1n) is 12.6. The molecule has 1 atom stereocenters. The lowest BCUT2D eigenvalue weighted by atomic mass is 10.0. The quantitative estimate of drug-likeness (QED) is 0.224. The molecule has 0 aliphatic heterocycles. The molecule has 0 fully saturated rings. The van der Waals surface area contributed by atoms with Crippen molar-refractivity contribution in [2.45, 2.75) is 39.3 Å². The van der Waals surface area contributed by atoms with Gasteiger partial charge in [0.2, 0.25) is 0 Å². The number of aryl methyl sites for hydroxylation is 1. The summed E-state index contributed by atoms with van der Waals surface area (Å²) in [4.78, 5) is 15.0. The summed E-state index contributed by atoms with van der Waals surface area (Å²) in [5, 5.41) is 3.48. The Balaban J connectivity index is 1.60. The minimum Gasteiger partial charge on any atom is -0.490 e. The molecule has 0 radical (unpaired) electrons. The molecule has 0 saturated heterocycles. The predicted octanol–water partition coefficient (Wildman–Crippen LogP) is 6.64. The molecule has 0 amide bonds. The van der Waals surface area contributed by atoms with Gasteiger partial charge in [-0.15, -0.1) is 11.3 Å². The Labute approximate surface area is 225 Å². The maximum absolute atomic E-state index is 14.5. The Morgan fingerprint density at radius 2 is 1.79 bits per heavy atom. The van der Waals surface area contributed by atoms with Gasteiger partial charge in [-0.05, 0) is 63.1 Å². The van der Waals surface area contributed by atoms with Crippen molar-refractivity contribution in [3.05, 3.63) is 89.3 Å². The summed E-state index contributed by atoms with van der Waals surface area (Å²) in [6.45, 7) is 6.46. The number of halogens is 1. The van der Waals surface area contributed by atoms with E-state index in [4.69, 9.17) is 20.4 Å². The zero-order valence-electron chi connectivity index (χ0n) is 21.6. The number of nitrogens with two attached hydrogens (primary N) is 1. The second-order valence-corrected chi connectivity index (χ2v) is 10.7. The number of aromatic nitrogens is 3. The predicted molar refractivity (Wildman–Crippen MR) is 153 cm³/mol. The molecular weight excluding hydrogens is 497 g/mol. The summed E-state index contributed by atoms with van der Waals surface area (Å²) in [6, 6.07) is 18.5. The van der Waals surface area contributed by atoms with Crippen molar-refractivity contribution >= 4 is 27.4 Å². The minimum absolute atomic E-state index is 0.0604. The molecule has 8 heteroatoms. The van der Waals surface area contributed by atoms with Gasteiger partial charge in [-0.1, -0.05) is 30.3 Å². The average molecular weight is 528 g/mol. The second kappa shape index (κ2) is 11.2. The number of ether oxygens (including phenoxy) is 1. The molecule has 0 aliphatic rings. The standard InChI is InChI=1S/C30H30FN5OS/c1-18(2)37-25-10-9-22(31)16-24(25)26-19(3)38-28-27(26)35-29(21-11-13-33-14-12-21)36-30(28)34-17-23(32)15-20-7-5-4-6-8-20/h4-14,16,18,23H,15,17,32H2,1-3H3,(H,34,35,36). The molecule has 5 aromatic rings. The highest BCUT2D eigenvalue weighted by molar-refractivity contribution is 7.20. The number of anilines is 1. The molecule has 3 aromatic heterocycles. The lowest BCUT2D eigenvalue weighted by molar-refractivity contribution is 0.243. The fraction of sp³-hybridized carbons (Fsp3) is 0.233. The molecule has 3 N–H and O–H groups in total. The van der Waals surface area contributed by atoms with E-state index in [0.717, 1.165) is 32.6 Å². The van der Waals surface area contributed by atoms with Crippen molar-refractivity contribution in [2.24, 2.45) is 5.73 Å². The van der Waals surface area contributed by atoms with Crippen molar-refractivity contribution in [1.29, 1.82) is 0 Å². The van der Waals surface area contributed by atoms with Gasteiger partial charge in [0.1, 0.15) is 17.4 Å². The van der Waals surface area contributed by atoms with Crippen LogP contribution in [0.1, 0.15) is 24.3 Å². The normalized spacial score (nSPS) is 12.2. The molecule has 0 aliphatic carbocycles. The van der Waals surface area contributed by atoms with Crippen molar-refractivity contribution in [3.63, 3.8) is 0 Å². The van der Waals surface area contributed by atoms with Gasteiger partial charge in [-0.3, -0.25) is 4.98 Å². The van der Waals surface area contributed by atoms with Gasteiger partial charge in [0, 0.05) is 46.5 Å². The molecule has 2 aromatic carbocycles. The fourth-order valence-corrected chi connectivity index (χ4v) is 5.50. The zero-order valence-corrected chi connectivity index (χ0v) is 22.4. The van der Waals surface area contributed by atoms with E-state index >= 15 is 0 Å².